The third-order valence-corrected chi connectivity index (χ3v) is 6.16. The molecule has 2 saturated carbocycles. The van der Waals surface area contributed by atoms with Crippen LogP contribution in [0.4, 0.5) is 0 Å². The molecule has 1 aromatic carbocycles. The lowest BCUT2D eigenvalue weighted by atomic mass is 9.85. The van der Waals surface area contributed by atoms with Gasteiger partial charge in [-0.25, -0.2) is 0 Å². The molecular weight excluding hydrogens is 308 g/mol. The molecule has 2 amide bonds. The summed E-state index contributed by atoms with van der Waals surface area (Å²) in [4.78, 5) is 25.4. The molecule has 0 unspecified atom stereocenters. The normalized spacial score (nSPS) is 34.8. The summed E-state index contributed by atoms with van der Waals surface area (Å²) in [6.07, 6.45) is 7.72. The Kier molecular flexibility index (Phi) is 2.44. The second-order valence-electron chi connectivity index (χ2n) is 7.20. The van der Waals surface area contributed by atoms with Crippen LogP contribution in [0.3, 0.4) is 0 Å². The first kappa shape index (κ1) is 13.8. The zero-order valence-electron chi connectivity index (χ0n) is 12.8. The second kappa shape index (κ2) is 4.26. The molecule has 24 heavy (non-hydrogen) atoms. The fraction of sp³-hybridized carbons (Fsp3) is 0.389. The first-order valence-corrected chi connectivity index (χ1v) is 8.15. The smallest absolute Gasteiger partial charge is 0.254 e. The molecule has 0 aromatic heterocycles. The lowest BCUT2D eigenvalue weighted by Gasteiger charge is -2.18. The molecule has 3 fully saturated rings. The number of hydrogen-bond acceptors (Lipinski definition) is 5. The molecule has 6 nitrogen and oxygen atoms in total. The van der Waals surface area contributed by atoms with Crippen molar-refractivity contribution in [1.82, 2.24) is 5.01 Å². The molecule has 0 radical (unpaired) electrons. The summed E-state index contributed by atoms with van der Waals surface area (Å²) in [5.74, 6) is -0.898. The minimum atomic E-state index is -0.277. The number of hydrazone groups is 1. The van der Waals surface area contributed by atoms with Gasteiger partial charge in [-0.2, -0.15) is 10.1 Å². The van der Waals surface area contributed by atoms with E-state index in [0.29, 0.717) is 5.56 Å². The standard InChI is InChI=1S/C18H16N2O4/c21-10-2-1-9(13(22)7-10)8-19-20-16(23)14-11-3-4-12(15(14)17(20)24)18(11)5-6-18/h1-4,7-8,11-12,14-15,21-22H,5-6H2/b19-8-/t11-,12-,14-,15+/m1/s1. The number of aromatic hydroxyl groups is 2. The maximum Gasteiger partial charge on any atom is 0.254 e. The maximum absolute atomic E-state index is 12.7. The molecule has 1 saturated heterocycles. The number of allylic oxidation sites excluding steroid dienone is 2. The van der Waals surface area contributed by atoms with Crippen LogP contribution in [0.5, 0.6) is 11.5 Å². The van der Waals surface area contributed by atoms with Gasteiger partial charge in [0.2, 0.25) is 0 Å². The van der Waals surface area contributed by atoms with Crippen molar-refractivity contribution in [3.05, 3.63) is 35.9 Å². The Morgan fingerprint density at radius 2 is 1.71 bits per heavy atom. The van der Waals surface area contributed by atoms with Gasteiger partial charge in [-0.05, 0) is 42.2 Å². The SMILES string of the molecule is O=C1[C@@H]2[C@H](C(=O)N1/N=C\c1ccc(O)cc1O)[C@H]1C=C[C@H]2C12CC2. The van der Waals surface area contributed by atoms with E-state index in [2.05, 4.69) is 17.3 Å². The first-order valence-electron chi connectivity index (χ1n) is 8.15. The molecule has 2 N–H and O–H groups in total. The summed E-state index contributed by atoms with van der Waals surface area (Å²) in [6.45, 7) is 0. The van der Waals surface area contributed by atoms with E-state index in [9.17, 15) is 19.8 Å². The number of hydrogen-bond donors (Lipinski definition) is 2. The van der Waals surface area contributed by atoms with E-state index in [1.54, 1.807) is 0 Å². The summed E-state index contributed by atoms with van der Waals surface area (Å²) in [5.41, 5.74) is 0.510. The molecule has 122 valence electrons. The van der Waals surface area contributed by atoms with Crippen LogP contribution >= 0.6 is 0 Å². The number of rotatable bonds is 2. The van der Waals surface area contributed by atoms with Crippen molar-refractivity contribution in [2.24, 2.45) is 34.2 Å². The third kappa shape index (κ3) is 1.53. The predicted octanol–water partition coefficient (Wildman–Crippen LogP) is 1.63. The van der Waals surface area contributed by atoms with Crippen LogP contribution < -0.4 is 0 Å². The number of fused-ring (bicyclic) bond motifs is 3. The van der Waals surface area contributed by atoms with Gasteiger partial charge in [0.05, 0.1) is 18.1 Å². The summed E-state index contributed by atoms with van der Waals surface area (Å²) in [5, 5.41) is 24.1. The topological polar surface area (TPSA) is 90.2 Å². The van der Waals surface area contributed by atoms with Gasteiger partial charge in [0.1, 0.15) is 11.5 Å². The van der Waals surface area contributed by atoms with Gasteiger partial charge in [-0.15, -0.1) is 0 Å². The van der Waals surface area contributed by atoms with Gasteiger partial charge in [-0.3, -0.25) is 9.59 Å². The summed E-state index contributed by atoms with van der Waals surface area (Å²) in [6, 6.07) is 4.07. The average molecular weight is 324 g/mol. The van der Waals surface area contributed by atoms with Gasteiger partial charge in [0.15, 0.2) is 0 Å². The summed E-state index contributed by atoms with van der Waals surface area (Å²) in [7, 11) is 0. The Hall–Kier alpha value is -2.63. The number of benzene rings is 1. The highest BCUT2D eigenvalue weighted by Crippen LogP contribution is 2.73. The predicted molar refractivity (Wildman–Crippen MR) is 84.0 cm³/mol. The van der Waals surface area contributed by atoms with Crippen molar-refractivity contribution >= 4 is 18.0 Å². The van der Waals surface area contributed by atoms with E-state index in [0.717, 1.165) is 17.9 Å². The van der Waals surface area contributed by atoms with Gasteiger partial charge in [0, 0.05) is 11.6 Å². The fourth-order valence-electron chi connectivity index (χ4n) is 4.94. The van der Waals surface area contributed by atoms with Gasteiger partial charge in [0.25, 0.3) is 11.8 Å². The first-order chi connectivity index (χ1) is 11.5. The van der Waals surface area contributed by atoms with Crippen molar-refractivity contribution in [2.45, 2.75) is 12.8 Å². The minimum Gasteiger partial charge on any atom is -0.508 e. The van der Waals surface area contributed by atoms with Gasteiger partial charge >= 0.3 is 0 Å². The third-order valence-electron chi connectivity index (χ3n) is 6.16. The maximum atomic E-state index is 12.7. The molecule has 1 spiro atoms. The Labute approximate surface area is 138 Å². The van der Waals surface area contributed by atoms with Crippen molar-refractivity contribution in [3.63, 3.8) is 0 Å². The van der Waals surface area contributed by atoms with Crippen LogP contribution in [0, 0.1) is 29.1 Å². The van der Waals surface area contributed by atoms with E-state index >= 15 is 0 Å². The molecule has 1 aromatic rings. The van der Waals surface area contributed by atoms with Crippen molar-refractivity contribution in [1.29, 1.82) is 0 Å². The van der Waals surface area contributed by atoms with Crippen LogP contribution in [0.2, 0.25) is 0 Å². The van der Waals surface area contributed by atoms with E-state index in [-0.39, 0.29) is 52.4 Å². The monoisotopic (exact) mass is 324 g/mol. The highest BCUT2D eigenvalue weighted by Gasteiger charge is 2.73. The Morgan fingerprint density at radius 3 is 2.25 bits per heavy atom. The molecular formula is C18H16N2O4. The zero-order valence-corrected chi connectivity index (χ0v) is 12.8. The van der Waals surface area contributed by atoms with E-state index in [4.69, 9.17) is 0 Å². The lowest BCUT2D eigenvalue weighted by Crippen LogP contribution is -2.30. The van der Waals surface area contributed by atoms with Crippen molar-refractivity contribution < 1.29 is 19.8 Å². The molecule has 5 rings (SSSR count). The number of phenolic OH excluding ortho intramolecular Hbond substituents is 2. The Bertz CT molecular complexity index is 805. The van der Waals surface area contributed by atoms with Gasteiger partial charge < -0.3 is 10.2 Å². The molecule has 3 aliphatic carbocycles. The molecule has 1 aliphatic heterocycles. The highest BCUT2D eigenvalue weighted by atomic mass is 16.3. The molecule has 4 aliphatic rings. The number of carbonyl (C=O) groups excluding carboxylic acids is 2. The highest BCUT2D eigenvalue weighted by molar-refractivity contribution is 6.07. The summed E-state index contributed by atoms with van der Waals surface area (Å²) < 4.78 is 0. The van der Waals surface area contributed by atoms with Crippen LogP contribution in [0.1, 0.15) is 18.4 Å². The second-order valence-corrected chi connectivity index (χ2v) is 7.20. The number of nitrogens with zero attached hydrogens (tertiary/aromatic N) is 2. The van der Waals surface area contributed by atoms with E-state index < -0.39 is 0 Å². The number of phenols is 2. The van der Waals surface area contributed by atoms with Crippen LogP contribution in [-0.4, -0.2) is 33.3 Å². The fourth-order valence-corrected chi connectivity index (χ4v) is 4.94. The molecule has 4 atom stereocenters. The van der Waals surface area contributed by atoms with Crippen molar-refractivity contribution in [3.8, 4) is 11.5 Å². The average Bonchev–Trinajstić information content (AvgIpc) is 3.15. The zero-order chi connectivity index (χ0) is 16.6. The number of imide groups is 1. The van der Waals surface area contributed by atoms with E-state index in [1.165, 1.54) is 24.4 Å². The molecule has 6 heteroatoms. The van der Waals surface area contributed by atoms with Gasteiger partial charge in [-0.1, -0.05) is 12.2 Å². The number of amides is 2. The largest absolute Gasteiger partial charge is 0.508 e. The molecule has 1 heterocycles. The Balaban J connectivity index is 1.44. The summed E-state index contributed by atoms with van der Waals surface area (Å²) >= 11 is 0. The van der Waals surface area contributed by atoms with Crippen molar-refractivity contribution in [2.75, 3.05) is 0 Å². The molecule has 2 bridgehead atoms. The lowest BCUT2D eigenvalue weighted by molar-refractivity contribution is -0.141. The van der Waals surface area contributed by atoms with E-state index in [1.807, 2.05) is 0 Å². The minimum absolute atomic E-state index is 0.0649. The Morgan fingerprint density at radius 1 is 1.08 bits per heavy atom. The van der Waals surface area contributed by atoms with Crippen LogP contribution in [-0.2, 0) is 9.59 Å². The quantitative estimate of drug-likeness (QED) is 0.491. The number of carbonyl (C=O) groups is 2. The van der Waals surface area contributed by atoms with Crippen LogP contribution in [0.25, 0.3) is 0 Å². The van der Waals surface area contributed by atoms with Crippen LogP contribution in [0.15, 0.2) is 35.5 Å².